The normalized spacial score (nSPS) is 31.6. The van der Waals surface area contributed by atoms with Crippen LogP contribution >= 0.6 is 0 Å². The molecule has 0 saturated heterocycles. The maximum absolute atomic E-state index is 10.8. The first-order valence-electron chi connectivity index (χ1n) is 8.32. The van der Waals surface area contributed by atoms with Crippen molar-refractivity contribution in [3.05, 3.63) is 23.8 Å². The largest absolute Gasteiger partial charge is 0.480 e. The molecule has 5 heteroatoms. The molecular weight excluding hydrogens is 296 g/mol. The van der Waals surface area contributed by atoms with Crippen LogP contribution in [0.3, 0.4) is 0 Å². The highest BCUT2D eigenvalue weighted by Gasteiger charge is 2.26. The second-order valence-corrected chi connectivity index (χ2v) is 6.07. The Morgan fingerprint density at radius 3 is 2.87 bits per heavy atom. The first-order chi connectivity index (χ1) is 11.0. The minimum Gasteiger partial charge on any atom is -0.480 e. The van der Waals surface area contributed by atoms with E-state index in [1.165, 1.54) is 0 Å². The van der Waals surface area contributed by atoms with Crippen molar-refractivity contribution in [1.82, 2.24) is 0 Å². The lowest BCUT2D eigenvalue weighted by Gasteiger charge is -2.28. The van der Waals surface area contributed by atoms with Crippen LogP contribution in [0.5, 0.6) is 0 Å². The van der Waals surface area contributed by atoms with Crippen molar-refractivity contribution in [2.75, 3.05) is 26.9 Å². The molecule has 1 N–H and O–H groups in total. The zero-order valence-corrected chi connectivity index (χ0v) is 14.5. The Kier molecular flexibility index (Phi) is 9.83. The van der Waals surface area contributed by atoms with Gasteiger partial charge in [0.2, 0.25) is 0 Å². The molecule has 1 rings (SSSR count). The van der Waals surface area contributed by atoms with Gasteiger partial charge in [-0.25, -0.2) is 4.79 Å². The molecule has 3 atom stereocenters. The van der Waals surface area contributed by atoms with E-state index in [0.29, 0.717) is 6.61 Å². The molecule has 0 saturated carbocycles. The fraction of sp³-hybridized carbons (Fsp3) is 0.722. The fourth-order valence-corrected chi connectivity index (χ4v) is 2.73. The minimum absolute atomic E-state index is 0.0236. The highest BCUT2D eigenvalue weighted by Crippen LogP contribution is 2.19. The van der Waals surface area contributed by atoms with Gasteiger partial charge in [-0.05, 0) is 26.2 Å². The third-order valence-electron chi connectivity index (χ3n) is 3.88. The summed E-state index contributed by atoms with van der Waals surface area (Å²) in [4.78, 5) is 10.8. The molecule has 1 aliphatic heterocycles. The zero-order valence-electron chi connectivity index (χ0n) is 14.5. The average Bonchev–Trinajstić information content (AvgIpc) is 2.50. The van der Waals surface area contributed by atoms with Gasteiger partial charge >= 0.3 is 5.97 Å². The van der Waals surface area contributed by atoms with Gasteiger partial charge in [-0.1, -0.05) is 37.1 Å². The molecule has 5 nitrogen and oxygen atoms in total. The van der Waals surface area contributed by atoms with Gasteiger partial charge in [-0.3, -0.25) is 0 Å². The van der Waals surface area contributed by atoms with Gasteiger partial charge in [0.25, 0.3) is 0 Å². The van der Waals surface area contributed by atoms with E-state index in [4.69, 9.17) is 19.3 Å². The van der Waals surface area contributed by atoms with Crippen LogP contribution < -0.4 is 0 Å². The first kappa shape index (κ1) is 19.9. The van der Waals surface area contributed by atoms with E-state index in [1.54, 1.807) is 7.11 Å². The van der Waals surface area contributed by atoms with E-state index >= 15 is 0 Å². The van der Waals surface area contributed by atoms with Crippen molar-refractivity contribution in [3.8, 4) is 0 Å². The summed E-state index contributed by atoms with van der Waals surface area (Å²) in [6.45, 7) is 5.09. The quantitative estimate of drug-likeness (QED) is 0.804. The van der Waals surface area contributed by atoms with Crippen LogP contribution in [0.2, 0.25) is 0 Å². The Labute approximate surface area is 139 Å². The third-order valence-corrected chi connectivity index (χ3v) is 3.88. The average molecular weight is 326 g/mol. The van der Waals surface area contributed by atoms with Gasteiger partial charge in [-0.2, -0.15) is 0 Å². The number of allylic oxidation sites excluding steroid dienone is 1. The predicted molar refractivity (Wildman–Crippen MR) is 89.5 cm³/mol. The SMILES string of the molecule is CO[C@H]1/C=C/CCCCCOC/C(C)=C\[C@@H](C)[C@@H]1OCC(=O)O. The van der Waals surface area contributed by atoms with Crippen molar-refractivity contribution >= 4 is 5.97 Å². The summed E-state index contributed by atoms with van der Waals surface area (Å²) in [5, 5.41) is 8.90. The molecule has 0 spiro atoms. The Morgan fingerprint density at radius 2 is 2.17 bits per heavy atom. The lowest BCUT2D eigenvalue weighted by atomic mass is 9.96. The molecule has 0 fully saturated rings. The summed E-state index contributed by atoms with van der Waals surface area (Å²) in [7, 11) is 1.63. The molecule has 0 aliphatic carbocycles. The van der Waals surface area contributed by atoms with Crippen molar-refractivity contribution in [2.45, 2.75) is 51.7 Å². The molecule has 1 heterocycles. The molecule has 132 valence electrons. The van der Waals surface area contributed by atoms with Gasteiger partial charge in [0.15, 0.2) is 0 Å². The van der Waals surface area contributed by atoms with Gasteiger partial charge in [0.05, 0.1) is 12.7 Å². The van der Waals surface area contributed by atoms with Crippen molar-refractivity contribution < 1.29 is 24.1 Å². The maximum Gasteiger partial charge on any atom is 0.329 e. The van der Waals surface area contributed by atoms with Crippen molar-refractivity contribution in [3.63, 3.8) is 0 Å². The Morgan fingerprint density at radius 1 is 1.39 bits per heavy atom. The van der Waals surface area contributed by atoms with E-state index in [0.717, 1.165) is 37.9 Å². The van der Waals surface area contributed by atoms with E-state index < -0.39 is 5.97 Å². The summed E-state index contributed by atoms with van der Waals surface area (Å²) in [6.07, 6.45) is 9.88. The van der Waals surface area contributed by atoms with Crippen LogP contribution in [0.25, 0.3) is 0 Å². The highest BCUT2D eigenvalue weighted by atomic mass is 16.5. The number of carbonyl (C=O) groups is 1. The molecule has 1 aliphatic rings. The Bertz CT molecular complexity index is 402. The molecule has 0 bridgehead atoms. The van der Waals surface area contributed by atoms with Gasteiger partial charge in [0, 0.05) is 19.6 Å². The van der Waals surface area contributed by atoms with Crippen LogP contribution in [0.1, 0.15) is 39.5 Å². The van der Waals surface area contributed by atoms with Crippen molar-refractivity contribution in [2.24, 2.45) is 5.92 Å². The summed E-state index contributed by atoms with van der Waals surface area (Å²) in [5.41, 5.74) is 1.12. The Hall–Kier alpha value is -1.17. The highest BCUT2D eigenvalue weighted by molar-refractivity contribution is 5.68. The summed E-state index contributed by atoms with van der Waals surface area (Å²) in [6, 6.07) is 0. The van der Waals surface area contributed by atoms with Crippen molar-refractivity contribution in [1.29, 1.82) is 0 Å². The topological polar surface area (TPSA) is 65.0 Å². The number of aliphatic carboxylic acids is 1. The zero-order chi connectivity index (χ0) is 17.1. The third kappa shape index (κ3) is 8.30. The molecular formula is C18H30O5. The van der Waals surface area contributed by atoms with Crippen LogP contribution in [-0.2, 0) is 19.0 Å². The molecule has 0 radical (unpaired) electrons. The molecule has 0 unspecified atom stereocenters. The van der Waals surface area contributed by atoms with E-state index in [1.807, 2.05) is 19.9 Å². The smallest absolute Gasteiger partial charge is 0.329 e. The number of ether oxygens (including phenoxy) is 3. The standard InChI is InChI=1S/C18H30O5/c1-14-11-15(2)18(23-13-17(19)20)16(21-3)9-7-5-4-6-8-10-22-12-14/h7,9,11,15-16,18H,4-6,8,10,12-13H2,1-3H3,(H,19,20)/b9-7+,14-11-/t15-,16+,18+/m1/s1. The second kappa shape index (κ2) is 11.4. The van der Waals surface area contributed by atoms with Crippen LogP contribution in [0, 0.1) is 5.92 Å². The van der Waals surface area contributed by atoms with Crippen LogP contribution in [0.4, 0.5) is 0 Å². The number of carboxylic acids is 1. The monoisotopic (exact) mass is 326 g/mol. The van der Waals surface area contributed by atoms with E-state index in [9.17, 15) is 4.79 Å². The van der Waals surface area contributed by atoms with Crippen LogP contribution in [-0.4, -0.2) is 50.2 Å². The summed E-state index contributed by atoms with van der Waals surface area (Å²) >= 11 is 0. The summed E-state index contributed by atoms with van der Waals surface area (Å²) < 4.78 is 16.8. The van der Waals surface area contributed by atoms with E-state index in [-0.39, 0.29) is 24.7 Å². The fourth-order valence-electron chi connectivity index (χ4n) is 2.73. The second-order valence-electron chi connectivity index (χ2n) is 6.07. The number of hydrogen-bond donors (Lipinski definition) is 1. The summed E-state index contributed by atoms with van der Waals surface area (Å²) in [5.74, 6) is -0.949. The van der Waals surface area contributed by atoms with Crippen LogP contribution in [0.15, 0.2) is 23.8 Å². The molecule has 23 heavy (non-hydrogen) atoms. The Balaban J connectivity index is 2.89. The van der Waals surface area contributed by atoms with Gasteiger partial charge < -0.3 is 19.3 Å². The first-order valence-corrected chi connectivity index (χ1v) is 8.32. The maximum atomic E-state index is 10.8. The van der Waals surface area contributed by atoms with Gasteiger partial charge in [-0.15, -0.1) is 0 Å². The lowest BCUT2D eigenvalue weighted by Crippen LogP contribution is -2.36. The number of rotatable bonds is 4. The number of hydrogen-bond acceptors (Lipinski definition) is 4. The van der Waals surface area contributed by atoms with Gasteiger partial charge in [0.1, 0.15) is 12.7 Å². The molecule has 0 aromatic carbocycles. The number of methoxy groups -OCH3 is 1. The predicted octanol–water partition coefficient (Wildman–Crippen LogP) is 3.20. The number of carboxylic acid groups (broad SMARTS) is 1. The van der Waals surface area contributed by atoms with E-state index in [2.05, 4.69) is 12.2 Å². The minimum atomic E-state index is -0.973. The molecule has 0 aromatic rings. The molecule has 0 aromatic heterocycles. The lowest BCUT2D eigenvalue weighted by molar-refractivity contribution is -0.148. The molecule has 0 amide bonds.